The van der Waals surface area contributed by atoms with Gasteiger partial charge in [0.2, 0.25) is 0 Å². The van der Waals surface area contributed by atoms with Crippen molar-refractivity contribution >= 4 is 6.03 Å². The number of hydrogen-bond acceptors (Lipinski definition) is 2. The van der Waals surface area contributed by atoms with E-state index in [0.717, 1.165) is 38.9 Å². The highest BCUT2D eigenvalue weighted by molar-refractivity contribution is 5.75. The van der Waals surface area contributed by atoms with E-state index < -0.39 is 0 Å². The molecule has 2 amide bonds. The molecule has 0 bridgehead atoms. The van der Waals surface area contributed by atoms with Gasteiger partial charge in [0, 0.05) is 31.7 Å². The standard InChI is InChI=1S/C13H25N3O/c1-10-4-3-6-15(9-10)13(17)16-7-5-12(14)8-11(16)2/h10-12H,3-9,14H2,1-2H3. The number of likely N-dealkylation sites (tertiary alicyclic amines) is 2. The number of rotatable bonds is 0. The molecule has 2 aliphatic heterocycles. The Balaban J connectivity index is 1.94. The predicted octanol–water partition coefficient (Wildman–Crippen LogP) is 1.65. The van der Waals surface area contributed by atoms with Crippen molar-refractivity contribution in [2.24, 2.45) is 11.7 Å². The van der Waals surface area contributed by atoms with Crippen LogP contribution in [0.5, 0.6) is 0 Å². The van der Waals surface area contributed by atoms with E-state index in [2.05, 4.69) is 13.8 Å². The molecule has 2 fully saturated rings. The summed E-state index contributed by atoms with van der Waals surface area (Å²) < 4.78 is 0. The topological polar surface area (TPSA) is 49.6 Å². The molecule has 0 radical (unpaired) electrons. The molecular formula is C13H25N3O. The number of urea groups is 1. The molecule has 4 heteroatoms. The van der Waals surface area contributed by atoms with Crippen LogP contribution in [0, 0.1) is 5.92 Å². The number of carbonyl (C=O) groups is 1. The third kappa shape index (κ3) is 2.92. The van der Waals surface area contributed by atoms with Crippen LogP contribution < -0.4 is 5.73 Å². The number of amides is 2. The fraction of sp³-hybridized carbons (Fsp3) is 0.923. The van der Waals surface area contributed by atoms with E-state index in [4.69, 9.17) is 5.73 Å². The Kier molecular flexibility index (Phi) is 3.92. The van der Waals surface area contributed by atoms with Crippen LogP contribution in [0.3, 0.4) is 0 Å². The minimum absolute atomic E-state index is 0.232. The zero-order valence-electron chi connectivity index (χ0n) is 11.1. The van der Waals surface area contributed by atoms with Gasteiger partial charge in [-0.25, -0.2) is 4.79 Å². The van der Waals surface area contributed by atoms with E-state index in [-0.39, 0.29) is 12.1 Å². The molecule has 17 heavy (non-hydrogen) atoms. The van der Waals surface area contributed by atoms with Crippen LogP contribution in [0.2, 0.25) is 0 Å². The molecule has 98 valence electrons. The molecule has 0 saturated carbocycles. The van der Waals surface area contributed by atoms with Gasteiger partial charge >= 0.3 is 6.03 Å². The molecule has 0 spiro atoms. The summed E-state index contributed by atoms with van der Waals surface area (Å²) in [5, 5.41) is 0. The predicted molar refractivity (Wildman–Crippen MR) is 68.7 cm³/mol. The van der Waals surface area contributed by atoms with Crippen molar-refractivity contribution in [1.29, 1.82) is 0 Å². The van der Waals surface area contributed by atoms with Crippen LogP contribution in [0.4, 0.5) is 4.79 Å². The first-order valence-electron chi connectivity index (χ1n) is 6.89. The second-order valence-electron chi connectivity index (χ2n) is 5.80. The average Bonchev–Trinajstić information content (AvgIpc) is 2.28. The highest BCUT2D eigenvalue weighted by Crippen LogP contribution is 2.21. The van der Waals surface area contributed by atoms with Crippen LogP contribution >= 0.6 is 0 Å². The quantitative estimate of drug-likeness (QED) is 0.699. The fourth-order valence-corrected chi connectivity index (χ4v) is 3.04. The Labute approximate surface area is 104 Å². The van der Waals surface area contributed by atoms with Crippen molar-refractivity contribution in [1.82, 2.24) is 9.80 Å². The van der Waals surface area contributed by atoms with Crippen LogP contribution in [-0.4, -0.2) is 47.5 Å². The summed E-state index contributed by atoms with van der Waals surface area (Å²) in [6.45, 7) is 7.03. The van der Waals surface area contributed by atoms with Gasteiger partial charge in [-0.1, -0.05) is 6.92 Å². The van der Waals surface area contributed by atoms with Gasteiger partial charge in [-0.3, -0.25) is 0 Å². The van der Waals surface area contributed by atoms with Crippen LogP contribution in [-0.2, 0) is 0 Å². The Hall–Kier alpha value is -0.770. The van der Waals surface area contributed by atoms with Crippen molar-refractivity contribution < 1.29 is 4.79 Å². The molecule has 2 saturated heterocycles. The highest BCUT2D eigenvalue weighted by Gasteiger charge is 2.31. The zero-order valence-corrected chi connectivity index (χ0v) is 11.1. The Bertz CT molecular complexity index is 282. The molecule has 2 N–H and O–H groups in total. The SMILES string of the molecule is CC1CCCN(C(=O)N2CCC(N)CC2C)C1. The molecule has 2 heterocycles. The summed E-state index contributed by atoms with van der Waals surface area (Å²) in [4.78, 5) is 16.5. The summed E-state index contributed by atoms with van der Waals surface area (Å²) in [5.41, 5.74) is 5.94. The third-order valence-corrected chi connectivity index (χ3v) is 4.09. The van der Waals surface area contributed by atoms with Crippen LogP contribution in [0.25, 0.3) is 0 Å². The number of nitrogens with zero attached hydrogens (tertiary/aromatic N) is 2. The Morgan fingerprint density at radius 1 is 1.24 bits per heavy atom. The van der Waals surface area contributed by atoms with E-state index in [0.29, 0.717) is 12.0 Å². The average molecular weight is 239 g/mol. The molecule has 4 nitrogen and oxygen atoms in total. The van der Waals surface area contributed by atoms with Crippen molar-refractivity contribution in [3.63, 3.8) is 0 Å². The van der Waals surface area contributed by atoms with Gasteiger partial charge in [-0.05, 0) is 38.5 Å². The minimum Gasteiger partial charge on any atom is -0.328 e. The van der Waals surface area contributed by atoms with Gasteiger partial charge in [-0.15, -0.1) is 0 Å². The maximum absolute atomic E-state index is 12.4. The Morgan fingerprint density at radius 3 is 2.65 bits per heavy atom. The first-order chi connectivity index (χ1) is 8.08. The first kappa shape index (κ1) is 12.7. The largest absolute Gasteiger partial charge is 0.328 e. The van der Waals surface area contributed by atoms with E-state index in [1.54, 1.807) is 0 Å². The van der Waals surface area contributed by atoms with E-state index in [1.807, 2.05) is 9.80 Å². The smallest absolute Gasteiger partial charge is 0.320 e. The lowest BCUT2D eigenvalue weighted by Crippen LogP contribution is -2.54. The Morgan fingerprint density at radius 2 is 2.00 bits per heavy atom. The first-order valence-corrected chi connectivity index (χ1v) is 6.89. The number of nitrogens with two attached hydrogens (primary N) is 1. The van der Waals surface area contributed by atoms with Gasteiger partial charge in [0.05, 0.1) is 0 Å². The highest BCUT2D eigenvalue weighted by atomic mass is 16.2. The second kappa shape index (κ2) is 5.25. The van der Waals surface area contributed by atoms with Crippen molar-refractivity contribution in [3.8, 4) is 0 Å². The fourth-order valence-electron chi connectivity index (χ4n) is 3.04. The molecule has 0 aromatic carbocycles. The lowest BCUT2D eigenvalue weighted by molar-refractivity contribution is 0.101. The molecule has 3 unspecified atom stereocenters. The molecular weight excluding hydrogens is 214 g/mol. The molecule has 2 rings (SSSR count). The normalized spacial score (nSPS) is 34.9. The molecule has 0 aromatic heterocycles. The maximum atomic E-state index is 12.4. The lowest BCUT2D eigenvalue weighted by atomic mass is 9.98. The van der Waals surface area contributed by atoms with E-state index in [1.165, 1.54) is 6.42 Å². The van der Waals surface area contributed by atoms with Gasteiger partial charge in [0.15, 0.2) is 0 Å². The zero-order chi connectivity index (χ0) is 12.4. The monoisotopic (exact) mass is 239 g/mol. The van der Waals surface area contributed by atoms with Gasteiger partial charge < -0.3 is 15.5 Å². The van der Waals surface area contributed by atoms with Crippen molar-refractivity contribution in [3.05, 3.63) is 0 Å². The van der Waals surface area contributed by atoms with E-state index in [9.17, 15) is 4.79 Å². The summed E-state index contributed by atoms with van der Waals surface area (Å²) in [6.07, 6.45) is 4.29. The summed E-state index contributed by atoms with van der Waals surface area (Å²) in [5.74, 6) is 0.648. The second-order valence-corrected chi connectivity index (χ2v) is 5.80. The van der Waals surface area contributed by atoms with Gasteiger partial charge in [-0.2, -0.15) is 0 Å². The summed E-state index contributed by atoms with van der Waals surface area (Å²) in [6, 6.07) is 0.800. The van der Waals surface area contributed by atoms with Gasteiger partial charge in [0.1, 0.15) is 0 Å². The number of piperidine rings is 2. The van der Waals surface area contributed by atoms with Gasteiger partial charge in [0.25, 0.3) is 0 Å². The number of hydrogen-bond donors (Lipinski definition) is 1. The molecule has 3 atom stereocenters. The van der Waals surface area contributed by atoms with Crippen LogP contribution in [0.1, 0.15) is 39.5 Å². The molecule has 2 aliphatic rings. The van der Waals surface area contributed by atoms with E-state index >= 15 is 0 Å². The van der Waals surface area contributed by atoms with Crippen molar-refractivity contribution in [2.75, 3.05) is 19.6 Å². The maximum Gasteiger partial charge on any atom is 0.320 e. The minimum atomic E-state index is 0.232. The molecule has 0 aliphatic carbocycles. The van der Waals surface area contributed by atoms with Crippen molar-refractivity contribution in [2.45, 2.75) is 51.6 Å². The summed E-state index contributed by atoms with van der Waals surface area (Å²) in [7, 11) is 0. The third-order valence-electron chi connectivity index (χ3n) is 4.09. The number of carbonyl (C=O) groups excluding carboxylic acids is 1. The molecule has 0 aromatic rings. The van der Waals surface area contributed by atoms with Crippen LogP contribution in [0.15, 0.2) is 0 Å². The lowest BCUT2D eigenvalue weighted by Gasteiger charge is -2.41. The summed E-state index contributed by atoms with van der Waals surface area (Å²) >= 11 is 0.